The Balaban J connectivity index is 2.09. The maximum Gasteiger partial charge on any atom is 0.192 e. The Hall–Kier alpha value is -0.713. The van der Waals surface area contributed by atoms with E-state index in [1.807, 2.05) is 18.2 Å². The van der Waals surface area contributed by atoms with Crippen molar-refractivity contribution >= 4 is 8.32 Å². The monoisotopic (exact) mass is 321 g/mol. The lowest BCUT2D eigenvalue weighted by Gasteiger charge is -2.36. The molecule has 0 atom stereocenters. The number of rotatable bonds is 4. The lowest BCUT2D eigenvalue weighted by Crippen LogP contribution is -2.40. The zero-order chi connectivity index (χ0) is 16.4. The second-order valence-corrected chi connectivity index (χ2v) is 13.0. The number of hydrogen-bond acceptors (Lipinski definition) is 3. The van der Waals surface area contributed by atoms with Crippen LogP contribution in [0.2, 0.25) is 18.1 Å². The van der Waals surface area contributed by atoms with Crippen molar-refractivity contribution in [3.8, 4) is 0 Å². The highest BCUT2D eigenvalue weighted by molar-refractivity contribution is 6.74. The third-order valence-electron chi connectivity index (χ3n) is 5.35. The first-order valence-corrected chi connectivity index (χ1v) is 11.4. The van der Waals surface area contributed by atoms with Crippen LogP contribution < -0.4 is 0 Å². The first-order valence-electron chi connectivity index (χ1n) is 8.47. The van der Waals surface area contributed by atoms with E-state index in [2.05, 4.69) is 33.9 Å². The molecule has 0 saturated heterocycles. The smallest absolute Gasteiger partial charge is 0.192 e. The fraction of sp³-hybridized carbons (Fsp3) is 0.722. The number of aromatic nitrogens is 1. The average molecular weight is 322 g/mol. The van der Waals surface area contributed by atoms with Gasteiger partial charge in [0.15, 0.2) is 8.32 Å². The van der Waals surface area contributed by atoms with Crippen LogP contribution in [0.15, 0.2) is 18.2 Å². The topological polar surface area (TPSA) is 42.4 Å². The maximum atomic E-state index is 10.8. The number of hydrogen-bond donors (Lipinski definition) is 1. The van der Waals surface area contributed by atoms with Gasteiger partial charge in [-0.3, -0.25) is 4.98 Å². The largest absolute Gasteiger partial charge is 0.411 e. The quantitative estimate of drug-likeness (QED) is 0.813. The van der Waals surface area contributed by atoms with E-state index < -0.39 is 13.9 Å². The fourth-order valence-corrected chi connectivity index (χ4v) is 3.62. The van der Waals surface area contributed by atoms with Gasteiger partial charge < -0.3 is 9.53 Å². The third-order valence-corrected chi connectivity index (χ3v) is 9.83. The molecule has 0 aromatic carbocycles. The summed E-state index contributed by atoms with van der Waals surface area (Å²) in [4.78, 5) is 4.70. The molecule has 1 aromatic heterocycles. The van der Waals surface area contributed by atoms with Gasteiger partial charge in [-0.05, 0) is 43.1 Å². The summed E-state index contributed by atoms with van der Waals surface area (Å²) in [6.45, 7) is 11.8. The minimum atomic E-state index is -1.77. The van der Waals surface area contributed by atoms with Crippen molar-refractivity contribution in [1.29, 1.82) is 0 Å². The van der Waals surface area contributed by atoms with Gasteiger partial charge in [0.1, 0.15) is 5.60 Å². The summed E-state index contributed by atoms with van der Waals surface area (Å²) in [5, 5.41) is 11.0. The molecule has 0 spiro atoms. The van der Waals surface area contributed by atoms with Gasteiger partial charge in [0, 0.05) is 0 Å². The van der Waals surface area contributed by atoms with Gasteiger partial charge in [-0.25, -0.2) is 0 Å². The molecule has 1 saturated carbocycles. The first kappa shape index (κ1) is 17.6. The Morgan fingerprint density at radius 1 is 1.18 bits per heavy atom. The van der Waals surface area contributed by atoms with Gasteiger partial charge in [-0.15, -0.1) is 0 Å². The van der Waals surface area contributed by atoms with Gasteiger partial charge >= 0.3 is 0 Å². The normalized spacial score (nSPS) is 19.2. The molecule has 1 aliphatic carbocycles. The summed E-state index contributed by atoms with van der Waals surface area (Å²) in [5.74, 6) is 0. The van der Waals surface area contributed by atoms with Crippen LogP contribution in [0, 0.1) is 0 Å². The second-order valence-electron chi connectivity index (χ2n) is 8.16. The Labute approximate surface area is 136 Å². The van der Waals surface area contributed by atoms with E-state index in [1.165, 1.54) is 6.42 Å². The highest BCUT2D eigenvalue weighted by Gasteiger charge is 2.37. The molecule has 1 heterocycles. The highest BCUT2D eigenvalue weighted by Crippen LogP contribution is 2.38. The van der Waals surface area contributed by atoms with Crippen LogP contribution in [-0.4, -0.2) is 18.4 Å². The van der Waals surface area contributed by atoms with Gasteiger partial charge in [-0.1, -0.05) is 46.1 Å². The highest BCUT2D eigenvalue weighted by atomic mass is 28.4. The third kappa shape index (κ3) is 3.97. The van der Waals surface area contributed by atoms with Gasteiger partial charge in [0.2, 0.25) is 0 Å². The lowest BCUT2D eigenvalue weighted by atomic mass is 9.82. The Bertz CT molecular complexity index is 502. The standard InChI is InChI=1S/C18H31NO2Si/c1-17(2,3)22(4,5)21-14-15-10-9-11-16(19-15)18(20)12-7-6-8-13-18/h9-11,20H,6-8,12-14H2,1-5H3. The molecular weight excluding hydrogens is 290 g/mol. The zero-order valence-corrected chi connectivity index (χ0v) is 15.8. The molecule has 124 valence electrons. The number of nitrogens with zero attached hydrogens (tertiary/aromatic N) is 1. The first-order chi connectivity index (χ1) is 10.1. The molecule has 22 heavy (non-hydrogen) atoms. The van der Waals surface area contributed by atoms with E-state index in [4.69, 9.17) is 9.41 Å². The van der Waals surface area contributed by atoms with E-state index in [9.17, 15) is 5.11 Å². The lowest BCUT2D eigenvalue weighted by molar-refractivity contribution is -0.00493. The van der Waals surface area contributed by atoms with Crippen LogP contribution in [-0.2, 0) is 16.6 Å². The van der Waals surface area contributed by atoms with E-state index in [0.29, 0.717) is 6.61 Å². The van der Waals surface area contributed by atoms with Crippen molar-refractivity contribution in [2.75, 3.05) is 0 Å². The van der Waals surface area contributed by atoms with Crippen LogP contribution in [0.1, 0.15) is 64.3 Å². The van der Waals surface area contributed by atoms with Crippen molar-refractivity contribution < 1.29 is 9.53 Å². The molecule has 1 N–H and O–H groups in total. The van der Waals surface area contributed by atoms with Gasteiger partial charge in [0.25, 0.3) is 0 Å². The van der Waals surface area contributed by atoms with Crippen molar-refractivity contribution in [3.05, 3.63) is 29.6 Å². The molecule has 0 amide bonds. The predicted molar refractivity (Wildman–Crippen MR) is 93.2 cm³/mol. The van der Waals surface area contributed by atoms with Gasteiger partial charge in [-0.2, -0.15) is 0 Å². The van der Waals surface area contributed by atoms with E-state index >= 15 is 0 Å². The number of pyridine rings is 1. The minimum absolute atomic E-state index is 0.201. The second kappa shape index (κ2) is 6.42. The molecule has 0 aliphatic heterocycles. The number of aliphatic hydroxyl groups is 1. The van der Waals surface area contributed by atoms with Crippen molar-refractivity contribution in [3.63, 3.8) is 0 Å². The Kier molecular flexibility index (Phi) is 5.15. The van der Waals surface area contributed by atoms with Crippen molar-refractivity contribution in [2.24, 2.45) is 0 Å². The minimum Gasteiger partial charge on any atom is -0.411 e. The van der Waals surface area contributed by atoms with Crippen LogP contribution >= 0.6 is 0 Å². The molecule has 0 bridgehead atoms. The molecule has 0 radical (unpaired) electrons. The Morgan fingerprint density at radius 3 is 2.41 bits per heavy atom. The summed E-state index contributed by atoms with van der Waals surface area (Å²) in [6, 6.07) is 5.96. The van der Waals surface area contributed by atoms with Crippen molar-refractivity contribution in [1.82, 2.24) is 4.98 Å². The van der Waals surface area contributed by atoms with E-state index in [1.54, 1.807) is 0 Å². The Morgan fingerprint density at radius 2 is 1.82 bits per heavy atom. The molecule has 0 unspecified atom stereocenters. The molecule has 4 heteroatoms. The van der Waals surface area contributed by atoms with Crippen LogP contribution in [0.4, 0.5) is 0 Å². The summed E-state index contributed by atoms with van der Waals surface area (Å²) < 4.78 is 6.25. The summed E-state index contributed by atoms with van der Waals surface area (Å²) in [6.07, 6.45) is 5.04. The average Bonchev–Trinajstić information content (AvgIpc) is 2.45. The maximum absolute atomic E-state index is 10.8. The molecule has 1 fully saturated rings. The summed E-state index contributed by atoms with van der Waals surface area (Å²) in [5.41, 5.74) is 1.02. The van der Waals surface area contributed by atoms with Crippen molar-refractivity contribution in [2.45, 2.75) is 83.2 Å². The predicted octanol–water partition coefficient (Wildman–Crippen LogP) is 4.76. The van der Waals surface area contributed by atoms with Crippen LogP contribution in [0.25, 0.3) is 0 Å². The molecule has 2 rings (SSSR count). The molecular formula is C18H31NO2Si. The van der Waals surface area contributed by atoms with E-state index in [-0.39, 0.29) is 5.04 Å². The molecule has 1 aliphatic rings. The molecule has 1 aromatic rings. The summed E-state index contributed by atoms with van der Waals surface area (Å²) >= 11 is 0. The fourth-order valence-electron chi connectivity index (χ4n) is 2.68. The summed E-state index contributed by atoms with van der Waals surface area (Å²) in [7, 11) is -1.77. The van der Waals surface area contributed by atoms with Crippen LogP contribution in [0.3, 0.4) is 0 Å². The zero-order valence-electron chi connectivity index (χ0n) is 14.8. The van der Waals surface area contributed by atoms with Crippen LogP contribution in [0.5, 0.6) is 0 Å². The van der Waals surface area contributed by atoms with Gasteiger partial charge in [0.05, 0.1) is 18.0 Å². The SMILES string of the molecule is CC(C)(C)[Si](C)(C)OCc1cccc(C2(O)CCCCC2)n1. The molecule has 3 nitrogen and oxygen atoms in total. The van der Waals surface area contributed by atoms with E-state index in [0.717, 1.165) is 37.1 Å².